The van der Waals surface area contributed by atoms with E-state index in [1.807, 2.05) is 61.5 Å². The largest absolute Gasteiger partial charge is 0.449 e. The van der Waals surface area contributed by atoms with Crippen LogP contribution < -0.4 is 5.32 Å². The molecule has 0 aliphatic heterocycles. The fraction of sp³-hybridized carbons (Fsp3) is 0.185. The Morgan fingerprint density at radius 2 is 1.78 bits per heavy atom. The highest BCUT2D eigenvalue weighted by Gasteiger charge is 2.28. The van der Waals surface area contributed by atoms with Crippen molar-refractivity contribution in [2.75, 3.05) is 13.2 Å². The molecule has 32 heavy (non-hydrogen) atoms. The van der Waals surface area contributed by atoms with Crippen molar-refractivity contribution in [2.24, 2.45) is 0 Å². The standard InChI is InChI=1S/C27H24N2O3/c1-18-29-25-14-13-19(16-26(25)32-18)8-6-7-15-28-27(30)31-17-24-22-11-4-2-9-20(22)21-10-3-5-12-23(21)24/h2-6,8-14,16,24H,7,15,17H2,1H3,(H,28,30). The summed E-state index contributed by atoms with van der Waals surface area (Å²) in [6, 6.07) is 22.5. The summed E-state index contributed by atoms with van der Waals surface area (Å²) in [5.74, 6) is 0.733. The van der Waals surface area contributed by atoms with E-state index < -0.39 is 0 Å². The van der Waals surface area contributed by atoms with E-state index in [1.165, 1.54) is 22.3 Å². The molecule has 1 aliphatic carbocycles. The number of hydrogen-bond acceptors (Lipinski definition) is 4. The van der Waals surface area contributed by atoms with Crippen LogP contribution >= 0.6 is 0 Å². The summed E-state index contributed by atoms with van der Waals surface area (Å²) in [4.78, 5) is 16.5. The van der Waals surface area contributed by atoms with E-state index in [2.05, 4.69) is 34.6 Å². The summed E-state index contributed by atoms with van der Waals surface area (Å²) in [5.41, 5.74) is 7.54. The molecule has 0 fully saturated rings. The number of alkyl carbamates (subject to hydrolysis) is 1. The molecule has 0 bridgehead atoms. The predicted molar refractivity (Wildman–Crippen MR) is 125 cm³/mol. The number of amides is 1. The number of benzene rings is 3. The van der Waals surface area contributed by atoms with E-state index in [-0.39, 0.29) is 12.0 Å². The quantitative estimate of drug-likeness (QED) is 0.381. The molecule has 1 N–H and O–H groups in total. The van der Waals surface area contributed by atoms with Gasteiger partial charge in [0.25, 0.3) is 0 Å². The van der Waals surface area contributed by atoms with Gasteiger partial charge in [0.15, 0.2) is 11.5 Å². The molecule has 0 saturated carbocycles. The summed E-state index contributed by atoms with van der Waals surface area (Å²) >= 11 is 0. The van der Waals surface area contributed by atoms with Crippen LogP contribution in [0.2, 0.25) is 0 Å². The summed E-state index contributed by atoms with van der Waals surface area (Å²) in [5, 5.41) is 2.83. The van der Waals surface area contributed by atoms with Gasteiger partial charge < -0.3 is 14.5 Å². The van der Waals surface area contributed by atoms with Crippen molar-refractivity contribution in [1.29, 1.82) is 0 Å². The number of aryl methyl sites for hydroxylation is 1. The molecule has 1 aliphatic rings. The zero-order valence-corrected chi connectivity index (χ0v) is 17.9. The SMILES string of the molecule is Cc1nc2ccc(C=CCCNC(=O)OCC3c4ccccc4-c4ccccc43)cc2o1. The fourth-order valence-electron chi connectivity index (χ4n) is 4.29. The van der Waals surface area contributed by atoms with Crippen LogP contribution in [0, 0.1) is 6.92 Å². The Morgan fingerprint density at radius 3 is 2.53 bits per heavy atom. The van der Waals surface area contributed by atoms with E-state index in [0.29, 0.717) is 25.5 Å². The highest BCUT2D eigenvalue weighted by molar-refractivity contribution is 5.79. The third-order valence-electron chi connectivity index (χ3n) is 5.75. The van der Waals surface area contributed by atoms with Crippen molar-refractivity contribution >= 4 is 23.3 Å². The average molecular weight is 425 g/mol. The van der Waals surface area contributed by atoms with Crippen LogP contribution in [0.1, 0.15) is 34.9 Å². The molecule has 3 aromatic carbocycles. The summed E-state index contributed by atoms with van der Waals surface area (Å²) in [6.45, 7) is 2.67. The van der Waals surface area contributed by atoms with Crippen molar-refractivity contribution < 1.29 is 13.9 Å². The molecule has 1 heterocycles. The van der Waals surface area contributed by atoms with Crippen molar-refractivity contribution in [1.82, 2.24) is 10.3 Å². The maximum Gasteiger partial charge on any atom is 0.407 e. The van der Waals surface area contributed by atoms with Crippen LogP contribution in [-0.4, -0.2) is 24.2 Å². The van der Waals surface area contributed by atoms with Crippen LogP contribution in [0.4, 0.5) is 4.79 Å². The number of aromatic nitrogens is 1. The van der Waals surface area contributed by atoms with E-state index in [9.17, 15) is 4.79 Å². The van der Waals surface area contributed by atoms with Gasteiger partial charge in [0.2, 0.25) is 0 Å². The molecule has 0 unspecified atom stereocenters. The lowest BCUT2D eigenvalue weighted by Gasteiger charge is -2.14. The maximum atomic E-state index is 12.2. The molecule has 4 aromatic rings. The van der Waals surface area contributed by atoms with Gasteiger partial charge in [-0.3, -0.25) is 0 Å². The molecule has 1 aromatic heterocycles. The molecule has 0 radical (unpaired) electrons. The van der Waals surface area contributed by atoms with Crippen LogP contribution in [0.25, 0.3) is 28.3 Å². The van der Waals surface area contributed by atoms with E-state index >= 15 is 0 Å². The van der Waals surface area contributed by atoms with Gasteiger partial charge >= 0.3 is 6.09 Å². The van der Waals surface area contributed by atoms with Crippen LogP contribution in [-0.2, 0) is 4.74 Å². The zero-order chi connectivity index (χ0) is 21.9. The minimum Gasteiger partial charge on any atom is -0.449 e. The normalized spacial score (nSPS) is 12.8. The summed E-state index contributed by atoms with van der Waals surface area (Å²) < 4.78 is 11.1. The van der Waals surface area contributed by atoms with Gasteiger partial charge in [-0.1, -0.05) is 66.7 Å². The third-order valence-corrected chi connectivity index (χ3v) is 5.75. The number of nitrogens with one attached hydrogen (secondary N) is 1. The van der Waals surface area contributed by atoms with E-state index in [4.69, 9.17) is 9.15 Å². The van der Waals surface area contributed by atoms with Crippen molar-refractivity contribution in [3.63, 3.8) is 0 Å². The third kappa shape index (κ3) is 4.02. The molecule has 0 spiro atoms. The van der Waals surface area contributed by atoms with Crippen molar-refractivity contribution in [3.05, 3.63) is 95.4 Å². The second-order valence-electron chi connectivity index (χ2n) is 7.90. The number of fused-ring (bicyclic) bond motifs is 4. The summed E-state index contributed by atoms with van der Waals surface area (Å²) in [7, 11) is 0. The first-order chi connectivity index (χ1) is 15.7. The van der Waals surface area contributed by atoms with Crippen LogP contribution in [0.3, 0.4) is 0 Å². The first-order valence-electron chi connectivity index (χ1n) is 10.8. The Kier molecular flexibility index (Phi) is 5.46. The first kappa shape index (κ1) is 20.1. The molecular weight excluding hydrogens is 400 g/mol. The van der Waals surface area contributed by atoms with Crippen LogP contribution in [0.5, 0.6) is 0 Å². The van der Waals surface area contributed by atoms with Gasteiger partial charge in [-0.2, -0.15) is 0 Å². The topological polar surface area (TPSA) is 64.4 Å². The number of carbonyl (C=O) groups excluding carboxylic acids is 1. The molecule has 5 heteroatoms. The number of carbonyl (C=O) groups is 1. The Hall–Kier alpha value is -3.86. The lowest BCUT2D eigenvalue weighted by molar-refractivity contribution is 0.143. The van der Waals surface area contributed by atoms with Gasteiger partial charge in [0.05, 0.1) is 0 Å². The minimum atomic E-state index is -0.390. The molecule has 0 saturated heterocycles. The average Bonchev–Trinajstić information content (AvgIpc) is 3.34. The number of nitrogens with zero attached hydrogens (tertiary/aromatic N) is 1. The van der Waals surface area contributed by atoms with Crippen molar-refractivity contribution in [3.8, 4) is 11.1 Å². The number of hydrogen-bond donors (Lipinski definition) is 1. The van der Waals surface area contributed by atoms with Crippen molar-refractivity contribution in [2.45, 2.75) is 19.3 Å². The number of oxazole rings is 1. The highest BCUT2D eigenvalue weighted by atomic mass is 16.5. The monoisotopic (exact) mass is 424 g/mol. The van der Waals surface area contributed by atoms with Gasteiger partial charge in [-0.05, 0) is 46.4 Å². The lowest BCUT2D eigenvalue weighted by atomic mass is 9.98. The number of ether oxygens (including phenoxy) is 1. The number of rotatable bonds is 6. The van der Waals surface area contributed by atoms with E-state index in [0.717, 1.165) is 16.7 Å². The molecule has 1 amide bonds. The second kappa shape index (κ2) is 8.71. The Bertz CT molecular complexity index is 1260. The van der Waals surface area contributed by atoms with Crippen LogP contribution in [0.15, 0.2) is 77.2 Å². The van der Waals surface area contributed by atoms with Gasteiger partial charge in [0, 0.05) is 19.4 Å². The Labute approximate surface area is 186 Å². The molecule has 5 nitrogen and oxygen atoms in total. The second-order valence-corrected chi connectivity index (χ2v) is 7.90. The molecule has 0 atom stereocenters. The Balaban J connectivity index is 1.12. The lowest BCUT2D eigenvalue weighted by Crippen LogP contribution is -2.26. The first-order valence-corrected chi connectivity index (χ1v) is 10.8. The smallest absolute Gasteiger partial charge is 0.407 e. The van der Waals surface area contributed by atoms with Gasteiger partial charge in [0.1, 0.15) is 12.1 Å². The van der Waals surface area contributed by atoms with Gasteiger partial charge in [-0.15, -0.1) is 0 Å². The fourth-order valence-corrected chi connectivity index (χ4v) is 4.29. The van der Waals surface area contributed by atoms with Gasteiger partial charge in [-0.25, -0.2) is 9.78 Å². The summed E-state index contributed by atoms with van der Waals surface area (Å²) in [6.07, 6.45) is 4.35. The molecular formula is C27H24N2O3. The molecule has 160 valence electrons. The Morgan fingerprint density at radius 1 is 1.06 bits per heavy atom. The highest BCUT2D eigenvalue weighted by Crippen LogP contribution is 2.44. The predicted octanol–water partition coefficient (Wildman–Crippen LogP) is 6.08. The minimum absolute atomic E-state index is 0.0719. The zero-order valence-electron chi connectivity index (χ0n) is 17.9. The van der Waals surface area contributed by atoms with E-state index in [1.54, 1.807) is 0 Å². The maximum absolute atomic E-state index is 12.2. The molecule has 5 rings (SSSR count).